The molecule has 0 atom stereocenters. The van der Waals surface area contributed by atoms with Crippen molar-refractivity contribution in [3.63, 3.8) is 0 Å². The Morgan fingerprint density at radius 3 is 2.28 bits per heavy atom. The van der Waals surface area contributed by atoms with Crippen molar-refractivity contribution in [1.82, 2.24) is 4.31 Å². The van der Waals surface area contributed by atoms with Gasteiger partial charge in [-0.3, -0.25) is 4.79 Å². The van der Waals surface area contributed by atoms with Crippen molar-refractivity contribution in [2.24, 2.45) is 0 Å². The molecule has 2 N–H and O–H groups in total. The lowest BCUT2D eigenvalue weighted by Crippen LogP contribution is -2.23. The number of hydrogen-bond donors (Lipinski definition) is 2. The van der Waals surface area contributed by atoms with E-state index in [-0.39, 0.29) is 17.3 Å². The number of nitrogens with one attached hydrogen (secondary N) is 2. The molecular formula is C18H23N3O3S. The van der Waals surface area contributed by atoms with Crippen LogP contribution in [0.3, 0.4) is 0 Å². The Hall–Kier alpha value is -2.38. The third-order valence-electron chi connectivity index (χ3n) is 3.75. The minimum Gasteiger partial charge on any atom is -0.376 e. The lowest BCUT2D eigenvalue weighted by molar-refractivity contribution is -0.114. The SMILES string of the molecule is Cc1ccc(C)c(NCC(=O)Nc2ccc(S(=O)(=O)N(C)C)cc2)c1. The van der Waals surface area contributed by atoms with Crippen molar-refractivity contribution in [2.75, 3.05) is 31.3 Å². The first kappa shape index (κ1) is 19.0. The number of benzene rings is 2. The maximum atomic E-state index is 12.1. The fourth-order valence-electron chi connectivity index (χ4n) is 2.23. The van der Waals surface area contributed by atoms with E-state index < -0.39 is 10.0 Å². The highest BCUT2D eigenvalue weighted by Gasteiger charge is 2.16. The summed E-state index contributed by atoms with van der Waals surface area (Å²) in [6.45, 7) is 4.10. The molecule has 0 bridgehead atoms. The summed E-state index contributed by atoms with van der Waals surface area (Å²) in [6.07, 6.45) is 0. The molecule has 0 spiro atoms. The Labute approximate surface area is 148 Å². The summed E-state index contributed by atoms with van der Waals surface area (Å²) in [5.74, 6) is -0.205. The van der Waals surface area contributed by atoms with Crippen molar-refractivity contribution in [1.29, 1.82) is 0 Å². The van der Waals surface area contributed by atoms with Crippen LogP contribution in [0.15, 0.2) is 47.4 Å². The second-order valence-corrected chi connectivity index (χ2v) is 8.18. The number of carbonyl (C=O) groups is 1. The molecule has 2 rings (SSSR count). The van der Waals surface area contributed by atoms with Crippen LogP contribution in [0.2, 0.25) is 0 Å². The number of sulfonamides is 1. The lowest BCUT2D eigenvalue weighted by atomic mass is 10.1. The van der Waals surface area contributed by atoms with Gasteiger partial charge in [0, 0.05) is 25.5 Å². The standard InChI is InChI=1S/C18H23N3O3S/c1-13-5-6-14(2)17(11-13)19-12-18(22)20-15-7-9-16(10-8-15)25(23,24)21(3)4/h5-11,19H,12H2,1-4H3,(H,20,22). The molecule has 0 aromatic heterocycles. The van der Waals surface area contributed by atoms with Gasteiger partial charge in [-0.1, -0.05) is 12.1 Å². The fourth-order valence-corrected chi connectivity index (χ4v) is 3.13. The van der Waals surface area contributed by atoms with Crippen LogP contribution < -0.4 is 10.6 Å². The zero-order valence-corrected chi connectivity index (χ0v) is 15.6. The first-order valence-electron chi connectivity index (χ1n) is 7.84. The number of amides is 1. The molecule has 0 aliphatic heterocycles. The lowest BCUT2D eigenvalue weighted by Gasteiger charge is -2.13. The van der Waals surface area contributed by atoms with E-state index >= 15 is 0 Å². The van der Waals surface area contributed by atoms with E-state index in [1.807, 2.05) is 32.0 Å². The Morgan fingerprint density at radius 2 is 1.68 bits per heavy atom. The number of nitrogens with zero attached hydrogens (tertiary/aromatic N) is 1. The Kier molecular flexibility index (Phi) is 5.81. The summed E-state index contributed by atoms with van der Waals surface area (Å²) in [5.41, 5.74) is 3.65. The largest absolute Gasteiger partial charge is 0.376 e. The molecule has 0 saturated heterocycles. The van der Waals surface area contributed by atoms with Crippen LogP contribution in [0.5, 0.6) is 0 Å². The Bertz CT molecular complexity index is 860. The average molecular weight is 361 g/mol. The number of hydrogen-bond acceptors (Lipinski definition) is 4. The van der Waals surface area contributed by atoms with Crippen LogP contribution in [-0.2, 0) is 14.8 Å². The van der Waals surface area contributed by atoms with Crippen molar-refractivity contribution < 1.29 is 13.2 Å². The van der Waals surface area contributed by atoms with Gasteiger partial charge in [0.1, 0.15) is 0 Å². The molecule has 134 valence electrons. The Morgan fingerprint density at radius 1 is 1.04 bits per heavy atom. The third kappa shape index (κ3) is 4.80. The van der Waals surface area contributed by atoms with Gasteiger partial charge >= 0.3 is 0 Å². The summed E-state index contributed by atoms with van der Waals surface area (Å²) in [4.78, 5) is 12.3. The minimum atomic E-state index is -3.47. The van der Waals surface area contributed by atoms with Gasteiger partial charge in [0.25, 0.3) is 0 Å². The van der Waals surface area contributed by atoms with Crippen LogP contribution in [0, 0.1) is 13.8 Å². The normalized spacial score (nSPS) is 11.4. The summed E-state index contributed by atoms with van der Waals surface area (Å²) < 4.78 is 25.2. The number of carbonyl (C=O) groups excluding carboxylic acids is 1. The van der Waals surface area contributed by atoms with Gasteiger partial charge in [-0.15, -0.1) is 0 Å². The van der Waals surface area contributed by atoms with Crippen molar-refractivity contribution in [3.05, 3.63) is 53.6 Å². The number of aryl methyl sites for hydroxylation is 2. The maximum Gasteiger partial charge on any atom is 0.243 e. The third-order valence-corrected chi connectivity index (χ3v) is 5.58. The summed E-state index contributed by atoms with van der Waals surface area (Å²) >= 11 is 0. The van der Waals surface area contributed by atoms with Crippen LogP contribution in [-0.4, -0.2) is 39.3 Å². The fraction of sp³-hybridized carbons (Fsp3) is 0.278. The zero-order chi connectivity index (χ0) is 18.6. The molecule has 25 heavy (non-hydrogen) atoms. The summed E-state index contributed by atoms with van der Waals surface area (Å²) in [6, 6.07) is 12.1. The van der Waals surface area contributed by atoms with Crippen molar-refractivity contribution >= 4 is 27.3 Å². The molecule has 0 aliphatic carbocycles. The quantitative estimate of drug-likeness (QED) is 0.829. The van der Waals surface area contributed by atoms with E-state index in [0.29, 0.717) is 5.69 Å². The van der Waals surface area contributed by atoms with E-state index in [1.54, 1.807) is 12.1 Å². The highest BCUT2D eigenvalue weighted by molar-refractivity contribution is 7.89. The molecule has 6 nitrogen and oxygen atoms in total. The molecular weight excluding hydrogens is 338 g/mol. The smallest absolute Gasteiger partial charge is 0.243 e. The second-order valence-electron chi connectivity index (χ2n) is 6.03. The topological polar surface area (TPSA) is 78.5 Å². The van der Waals surface area contributed by atoms with Gasteiger partial charge in [-0.2, -0.15) is 0 Å². The van der Waals surface area contributed by atoms with Crippen LogP contribution in [0.1, 0.15) is 11.1 Å². The van der Waals surface area contributed by atoms with Crippen molar-refractivity contribution in [3.8, 4) is 0 Å². The molecule has 0 radical (unpaired) electrons. The predicted octanol–water partition coefficient (Wildman–Crippen LogP) is 2.60. The van der Waals surface area contributed by atoms with Crippen LogP contribution in [0.25, 0.3) is 0 Å². The number of rotatable bonds is 6. The van der Waals surface area contributed by atoms with Crippen molar-refractivity contribution in [2.45, 2.75) is 18.7 Å². The van der Waals surface area contributed by atoms with Gasteiger partial charge < -0.3 is 10.6 Å². The van der Waals surface area contributed by atoms with Gasteiger partial charge in [0.15, 0.2) is 0 Å². The minimum absolute atomic E-state index is 0.127. The highest BCUT2D eigenvalue weighted by atomic mass is 32.2. The first-order chi connectivity index (χ1) is 11.7. The first-order valence-corrected chi connectivity index (χ1v) is 9.28. The average Bonchev–Trinajstić information content (AvgIpc) is 2.56. The Balaban J connectivity index is 1.98. The van der Waals surface area contributed by atoms with Crippen LogP contribution in [0.4, 0.5) is 11.4 Å². The highest BCUT2D eigenvalue weighted by Crippen LogP contribution is 2.18. The molecule has 0 unspecified atom stereocenters. The molecule has 0 aliphatic rings. The van der Waals surface area contributed by atoms with E-state index in [9.17, 15) is 13.2 Å². The molecule has 0 heterocycles. The molecule has 2 aromatic rings. The maximum absolute atomic E-state index is 12.1. The predicted molar refractivity (Wildman–Crippen MR) is 100 cm³/mol. The molecule has 1 amide bonds. The van der Waals surface area contributed by atoms with E-state index in [4.69, 9.17) is 0 Å². The van der Waals surface area contributed by atoms with Crippen LogP contribution >= 0.6 is 0 Å². The molecule has 2 aromatic carbocycles. The zero-order valence-electron chi connectivity index (χ0n) is 14.8. The molecule has 0 saturated carbocycles. The van der Waals surface area contributed by atoms with Gasteiger partial charge in [0.2, 0.25) is 15.9 Å². The number of anilines is 2. The van der Waals surface area contributed by atoms with E-state index in [0.717, 1.165) is 21.1 Å². The van der Waals surface area contributed by atoms with Gasteiger partial charge in [0.05, 0.1) is 11.4 Å². The second kappa shape index (κ2) is 7.67. The molecule has 7 heteroatoms. The summed E-state index contributed by atoms with van der Waals surface area (Å²) in [5, 5.41) is 5.85. The van der Waals surface area contributed by atoms with E-state index in [2.05, 4.69) is 10.6 Å². The van der Waals surface area contributed by atoms with Gasteiger partial charge in [-0.05, 0) is 55.3 Å². The van der Waals surface area contributed by atoms with E-state index in [1.165, 1.54) is 26.2 Å². The van der Waals surface area contributed by atoms with Gasteiger partial charge in [-0.25, -0.2) is 12.7 Å². The monoisotopic (exact) mass is 361 g/mol. The molecule has 0 fully saturated rings. The summed E-state index contributed by atoms with van der Waals surface area (Å²) in [7, 11) is -0.517.